The van der Waals surface area contributed by atoms with E-state index >= 15 is 0 Å². The third-order valence-electron chi connectivity index (χ3n) is 3.04. The van der Waals surface area contributed by atoms with Gasteiger partial charge in [0.25, 0.3) is 0 Å². The number of hydrogen-bond acceptors (Lipinski definition) is 3. The van der Waals surface area contributed by atoms with Crippen molar-refractivity contribution in [3.05, 3.63) is 23.8 Å². The van der Waals surface area contributed by atoms with Gasteiger partial charge in [-0.15, -0.1) is 0 Å². The molecule has 0 spiro atoms. The van der Waals surface area contributed by atoms with E-state index in [0.717, 1.165) is 24.4 Å². The van der Waals surface area contributed by atoms with Crippen LogP contribution in [0.4, 0.5) is 5.69 Å². The van der Waals surface area contributed by atoms with E-state index in [1.54, 1.807) is 0 Å². The molecule has 1 aromatic rings. The maximum Gasteiger partial charge on any atom is 0.142 e. The summed E-state index contributed by atoms with van der Waals surface area (Å²) >= 11 is 0. The van der Waals surface area contributed by atoms with E-state index in [1.807, 2.05) is 25.1 Å². The Morgan fingerprint density at radius 3 is 2.94 bits per heavy atom. The van der Waals surface area contributed by atoms with Crippen molar-refractivity contribution in [3.63, 3.8) is 0 Å². The minimum Gasteiger partial charge on any atom is -0.487 e. The average molecular weight is 220 g/mol. The van der Waals surface area contributed by atoms with Crippen LogP contribution in [0.5, 0.6) is 5.75 Å². The van der Waals surface area contributed by atoms with E-state index in [-0.39, 0.29) is 6.10 Å². The standard InChI is InChI=1S/C13H20N2O/c1-10-5-6-13(12(14)8-10)16-11-4-3-7-15(2)9-11/h5-6,8,11H,3-4,7,9,14H2,1-2H3. The van der Waals surface area contributed by atoms with E-state index in [1.165, 1.54) is 18.5 Å². The Labute approximate surface area is 97.2 Å². The highest BCUT2D eigenvalue weighted by molar-refractivity contribution is 5.54. The topological polar surface area (TPSA) is 38.5 Å². The number of piperidine rings is 1. The minimum atomic E-state index is 0.281. The smallest absolute Gasteiger partial charge is 0.142 e. The highest BCUT2D eigenvalue weighted by Crippen LogP contribution is 2.25. The fourth-order valence-corrected chi connectivity index (χ4v) is 2.17. The third-order valence-corrected chi connectivity index (χ3v) is 3.04. The molecule has 1 heterocycles. The first-order valence-electron chi connectivity index (χ1n) is 5.86. The summed E-state index contributed by atoms with van der Waals surface area (Å²) in [6, 6.07) is 5.97. The van der Waals surface area contributed by atoms with Gasteiger partial charge in [0.2, 0.25) is 0 Å². The van der Waals surface area contributed by atoms with Crippen LogP contribution in [0, 0.1) is 6.92 Å². The second kappa shape index (κ2) is 4.74. The Morgan fingerprint density at radius 2 is 2.25 bits per heavy atom. The first-order chi connectivity index (χ1) is 7.65. The number of nitrogen functional groups attached to an aromatic ring is 1. The van der Waals surface area contributed by atoms with Crippen LogP contribution in [0.25, 0.3) is 0 Å². The number of hydrogen-bond donors (Lipinski definition) is 1. The zero-order chi connectivity index (χ0) is 11.5. The molecule has 2 rings (SSSR count). The van der Waals surface area contributed by atoms with E-state index in [2.05, 4.69) is 11.9 Å². The number of rotatable bonds is 2. The third kappa shape index (κ3) is 2.67. The predicted molar refractivity (Wildman–Crippen MR) is 66.7 cm³/mol. The Kier molecular flexibility index (Phi) is 3.34. The number of nitrogens with two attached hydrogens (primary N) is 1. The van der Waals surface area contributed by atoms with Crippen LogP contribution in [-0.2, 0) is 0 Å². The zero-order valence-corrected chi connectivity index (χ0v) is 10.1. The van der Waals surface area contributed by atoms with Crippen molar-refractivity contribution < 1.29 is 4.74 Å². The summed E-state index contributed by atoms with van der Waals surface area (Å²) in [7, 11) is 2.13. The van der Waals surface area contributed by atoms with Crippen molar-refractivity contribution >= 4 is 5.69 Å². The predicted octanol–water partition coefficient (Wildman–Crippen LogP) is 2.05. The summed E-state index contributed by atoms with van der Waals surface area (Å²) in [6.45, 7) is 4.20. The molecule has 1 atom stereocenters. The number of ether oxygens (including phenoxy) is 1. The van der Waals surface area contributed by atoms with E-state index < -0.39 is 0 Å². The normalized spacial score (nSPS) is 22.0. The van der Waals surface area contributed by atoms with E-state index in [0.29, 0.717) is 0 Å². The molecule has 1 fully saturated rings. The van der Waals surface area contributed by atoms with Gasteiger partial charge >= 0.3 is 0 Å². The maximum atomic E-state index is 5.94. The first kappa shape index (κ1) is 11.3. The van der Waals surface area contributed by atoms with Gasteiger partial charge in [-0.25, -0.2) is 0 Å². The van der Waals surface area contributed by atoms with Gasteiger partial charge in [-0.3, -0.25) is 0 Å². The molecule has 16 heavy (non-hydrogen) atoms. The molecule has 3 nitrogen and oxygen atoms in total. The van der Waals surface area contributed by atoms with Crippen molar-refractivity contribution in [2.75, 3.05) is 25.9 Å². The van der Waals surface area contributed by atoms with Gasteiger partial charge in [-0.05, 0) is 51.1 Å². The van der Waals surface area contributed by atoms with Crippen molar-refractivity contribution in [2.24, 2.45) is 0 Å². The van der Waals surface area contributed by atoms with Gasteiger partial charge in [0.15, 0.2) is 0 Å². The molecule has 3 heteroatoms. The molecule has 1 saturated heterocycles. The summed E-state index contributed by atoms with van der Waals surface area (Å²) in [5.74, 6) is 0.825. The molecule has 0 amide bonds. The van der Waals surface area contributed by atoms with Crippen molar-refractivity contribution in [3.8, 4) is 5.75 Å². The van der Waals surface area contributed by atoms with Gasteiger partial charge < -0.3 is 15.4 Å². The van der Waals surface area contributed by atoms with Crippen LogP contribution < -0.4 is 10.5 Å². The summed E-state index contributed by atoms with van der Waals surface area (Å²) in [6.07, 6.45) is 2.61. The SMILES string of the molecule is Cc1ccc(OC2CCCN(C)C2)c(N)c1. The number of aryl methyl sites for hydroxylation is 1. The maximum absolute atomic E-state index is 5.94. The highest BCUT2D eigenvalue weighted by atomic mass is 16.5. The average Bonchev–Trinajstić information content (AvgIpc) is 2.22. The van der Waals surface area contributed by atoms with Crippen LogP contribution in [0.1, 0.15) is 18.4 Å². The number of anilines is 1. The molecular weight excluding hydrogens is 200 g/mol. The lowest BCUT2D eigenvalue weighted by atomic mass is 10.1. The van der Waals surface area contributed by atoms with Crippen LogP contribution in [0.15, 0.2) is 18.2 Å². The Hall–Kier alpha value is -1.22. The van der Waals surface area contributed by atoms with E-state index in [9.17, 15) is 0 Å². The van der Waals surface area contributed by atoms with Gasteiger partial charge in [0.1, 0.15) is 11.9 Å². The molecule has 1 aliphatic heterocycles. The first-order valence-corrected chi connectivity index (χ1v) is 5.86. The molecule has 1 unspecified atom stereocenters. The molecule has 0 radical (unpaired) electrons. The van der Waals surface area contributed by atoms with Gasteiger partial charge in [-0.2, -0.15) is 0 Å². The highest BCUT2D eigenvalue weighted by Gasteiger charge is 2.19. The van der Waals surface area contributed by atoms with E-state index in [4.69, 9.17) is 10.5 Å². The van der Waals surface area contributed by atoms with Crippen LogP contribution in [0.2, 0.25) is 0 Å². The summed E-state index contributed by atoms with van der Waals surface area (Å²) in [5, 5.41) is 0. The fraction of sp³-hybridized carbons (Fsp3) is 0.538. The Morgan fingerprint density at radius 1 is 1.44 bits per heavy atom. The molecule has 0 saturated carbocycles. The second-order valence-corrected chi connectivity index (χ2v) is 4.69. The largest absolute Gasteiger partial charge is 0.487 e. The molecule has 88 valence electrons. The molecule has 1 aromatic carbocycles. The Bertz CT molecular complexity index is 365. The zero-order valence-electron chi connectivity index (χ0n) is 10.1. The second-order valence-electron chi connectivity index (χ2n) is 4.69. The fourth-order valence-electron chi connectivity index (χ4n) is 2.17. The summed E-state index contributed by atoms with van der Waals surface area (Å²) in [5.41, 5.74) is 7.85. The number of likely N-dealkylation sites (N-methyl/N-ethyl adjacent to an activating group) is 1. The van der Waals surface area contributed by atoms with Crippen LogP contribution >= 0.6 is 0 Å². The summed E-state index contributed by atoms with van der Waals surface area (Å²) < 4.78 is 5.94. The number of likely N-dealkylation sites (tertiary alicyclic amines) is 1. The monoisotopic (exact) mass is 220 g/mol. The van der Waals surface area contributed by atoms with Gasteiger partial charge in [0, 0.05) is 6.54 Å². The Balaban J connectivity index is 2.02. The van der Waals surface area contributed by atoms with Crippen molar-refractivity contribution in [1.82, 2.24) is 4.90 Å². The molecular formula is C13H20N2O. The lowest BCUT2D eigenvalue weighted by molar-refractivity contribution is 0.105. The van der Waals surface area contributed by atoms with Crippen molar-refractivity contribution in [2.45, 2.75) is 25.9 Å². The molecule has 0 bridgehead atoms. The molecule has 0 aromatic heterocycles. The quantitative estimate of drug-likeness (QED) is 0.775. The van der Waals surface area contributed by atoms with Gasteiger partial charge in [-0.1, -0.05) is 6.07 Å². The molecule has 1 aliphatic rings. The molecule has 2 N–H and O–H groups in total. The number of nitrogens with zero attached hydrogens (tertiary/aromatic N) is 1. The lowest BCUT2D eigenvalue weighted by Gasteiger charge is -2.30. The minimum absolute atomic E-state index is 0.281. The van der Waals surface area contributed by atoms with Crippen molar-refractivity contribution in [1.29, 1.82) is 0 Å². The van der Waals surface area contributed by atoms with Gasteiger partial charge in [0.05, 0.1) is 5.69 Å². The lowest BCUT2D eigenvalue weighted by Crippen LogP contribution is -2.38. The van der Waals surface area contributed by atoms with Crippen LogP contribution in [-0.4, -0.2) is 31.1 Å². The summed E-state index contributed by atoms with van der Waals surface area (Å²) in [4.78, 5) is 2.30. The van der Waals surface area contributed by atoms with Crippen LogP contribution in [0.3, 0.4) is 0 Å². The number of benzene rings is 1. The molecule has 0 aliphatic carbocycles.